The summed E-state index contributed by atoms with van der Waals surface area (Å²) in [5, 5.41) is 12.8. The Hall–Kier alpha value is -1.50. The molecular formula is C15H25NO5. The van der Waals surface area contributed by atoms with Gasteiger partial charge in [-0.2, -0.15) is 0 Å². The van der Waals surface area contributed by atoms with E-state index >= 15 is 0 Å². The van der Waals surface area contributed by atoms with Crippen LogP contribution in [0.15, 0.2) is 12.1 Å². The lowest BCUT2D eigenvalue weighted by molar-refractivity contribution is 0.0594. The largest absolute Gasteiger partial charge is 0.493 e. The first-order chi connectivity index (χ1) is 10.2. The fraction of sp³-hybridized carbons (Fsp3) is 0.600. The summed E-state index contributed by atoms with van der Waals surface area (Å²) in [6.45, 7) is 1.65. The van der Waals surface area contributed by atoms with Crippen LogP contribution in [0.2, 0.25) is 0 Å². The molecule has 1 aromatic rings. The van der Waals surface area contributed by atoms with Crippen molar-refractivity contribution in [2.45, 2.75) is 19.1 Å². The first kappa shape index (κ1) is 17.6. The second-order valence-electron chi connectivity index (χ2n) is 4.57. The van der Waals surface area contributed by atoms with Gasteiger partial charge in [0.2, 0.25) is 5.75 Å². The van der Waals surface area contributed by atoms with E-state index in [1.165, 1.54) is 0 Å². The molecule has 0 aliphatic rings. The van der Waals surface area contributed by atoms with E-state index in [1.54, 1.807) is 28.4 Å². The van der Waals surface area contributed by atoms with E-state index < -0.39 is 6.10 Å². The Morgan fingerprint density at radius 3 is 2.33 bits per heavy atom. The maximum Gasteiger partial charge on any atom is 0.203 e. The number of hydrogen-bond donors (Lipinski definition) is 2. The van der Waals surface area contributed by atoms with Crippen molar-refractivity contribution in [3.05, 3.63) is 17.7 Å². The molecule has 1 atom stereocenters. The summed E-state index contributed by atoms with van der Waals surface area (Å²) in [4.78, 5) is 0. The molecule has 0 bridgehead atoms. The van der Waals surface area contributed by atoms with Crippen LogP contribution in [-0.4, -0.2) is 52.8 Å². The van der Waals surface area contributed by atoms with Gasteiger partial charge in [-0.15, -0.1) is 0 Å². The number of rotatable bonds is 10. The Labute approximate surface area is 126 Å². The molecular weight excluding hydrogens is 274 g/mol. The van der Waals surface area contributed by atoms with Crippen LogP contribution in [0.4, 0.5) is 0 Å². The van der Waals surface area contributed by atoms with Crippen LogP contribution in [0, 0.1) is 0 Å². The Morgan fingerprint density at radius 2 is 1.76 bits per heavy atom. The zero-order valence-corrected chi connectivity index (χ0v) is 13.1. The van der Waals surface area contributed by atoms with Gasteiger partial charge in [-0.3, -0.25) is 0 Å². The molecule has 0 aliphatic carbocycles. The van der Waals surface area contributed by atoms with Crippen LogP contribution in [-0.2, 0) is 11.3 Å². The number of hydrogen-bond acceptors (Lipinski definition) is 6. The molecule has 0 radical (unpaired) electrons. The molecule has 6 nitrogen and oxygen atoms in total. The molecule has 21 heavy (non-hydrogen) atoms. The van der Waals surface area contributed by atoms with Crippen molar-refractivity contribution in [2.75, 3.05) is 41.6 Å². The normalized spacial score (nSPS) is 12.0. The summed E-state index contributed by atoms with van der Waals surface area (Å²) in [6.07, 6.45) is 0.179. The van der Waals surface area contributed by atoms with Crippen molar-refractivity contribution < 1.29 is 24.1 Å². The maximum atomic E-state index is 9.57. The van der Waals surface area contributed by atoms with Crippen molar-refractivity contribution in [1.82, 2.24) is 5.32 Å². The Kier molecular flexibility index (Phi) is 7.89. The van der Waals surface area contributed by atoms with Gasteiger partial charge in [-0.25, -0.2) is 0 Å². The fourth-order valence-electron chi connectivity index (χ4n) is 2.07. The van der Waals surface area contributed by atoms with Crippen molar-refractivity contribution in [1.29, 1.82) is 0 Å². The third-order valence-electron chi connectivity index (χ3n) is 3.11. The van der Waals surface area contributed by atoms with Gasteiger partial charge < -0.3 is 29.4 Å². The van der Waals surface area contributed by atoms with Gasteiger partial charge in [-0.1, -0.05) is 6.07 Å². The molecule has 120 valence electrons. The molecule has 6 heteroatoms. The quantitative estimate of drug-likeness (QED) is 0.633. The van der Waals surface area contributed by atoms with Crippen molar-refractivity contribution in [3.8, 4) is 17.2 Å². The SMILES string of the molecule is COCC(O)CCNCc1ccc(OC)c(OC)c1OC. The number of aliphatic hydroxyl groups excluding tert-OH is 1. The van der Waals surface area contributed by atoms with Gasteiger partial charge in [0.05, 0.1) is 34.0 Å². The van der Waals surface area contributed by atoms with E-state index in [-0.39, 0.29) is 0 Å². The van der Waals surface area contributed by atoms with E-state index in [1.807, 2.05) is 12.1 Å². The lowest BCUT2D eigenvalue weighted by Crippen LogP contribution is -2.23. The number of aliphatic hydroxyl groups is 1. The summed E-state index contributed by atoms with van der Waals surface area (Å²) in [7, 11) is 6.35. The molecule has 0 spiro atoms. The standard InChI is InChI=1S/C15H25NO5/c1-18-10-12(17)7-8-16-9-11-5-6-13(19-2)15(21-4)14(11)20-3/h5-6,12,16-17H,7-10H2,1-4H3. The van der Waals surface area contributed by atoms with Gasteiger partial charge in [0.25, 0.3) is 0 Å². The van der Waals surface area contributed by atoms with Gasteiger partial charge in [0, 0.05) is 19.2 Å². The Balaban J connectivity index is 2.63. The predicted molar refractivity (Wildman–Crippen MR) is 80.3 cm³/mol. The smallest absolute Gasteiger partial charge is 0.203 e. The molecule has 1 aromatic carbocycles. The molecule has 0 aromatic heterocycles. The number of methoxy groups -OCH3 is 4. The molecule has 0 saturated heterocycles. The van der Waals surface area contributed by atoms with E-state index in [0.717, 1.165) is 5.56 Å². The molecule has 1 unspecified atom stereocenters. The Morgan fingerprint density at radius 1 is 1.05 bits per heavy atom. The highest BCUT2D eigenvalue weighted by molar-refractivity contribution is 5.55. The first-order valence-corrected chi connectivity index (χ1v) is 6.83. The minimum Gasteiger partial charge on any atom is -0.493 e. The molecule has 0 fully saturated rings. The minimum atomic E-state index is -0.449. The average molecular weight is 299 g/mol. The highest BCUT2D eigenvalue weighted by Gasteiger charge is 2.15. The van der Waals surface area contributed by atoms with Gasteiger partial charge >= 0.3 is 0 Å². The number of ether oxygens (including phenoxy) is 4. The lowest BCUT2D eigenvalue weighted by Gasteiger charge is -2.16. The van der Waals surface area contributed by atoms with Crippen LogP contribution >= 0.6 is 0 Å². The van der Waals surface area contributed by atoms with Gasteiger partial charge in [0.15, 0.2) is 11.5 Å². The maximum absolute atomic E-state index is 9.57. The van der Waals surface area contributed by atoms with Crippen LogP contribution in [0.5, 0.6) is 17.2 Å². The van der Waals surface area contributed by atoms with Crippen LogP contribution in [0.25, 0.3) is 0 Å². The van der Waals surface area contributed by atoms with Gasteiger partial charge in [0.1, 0.15) is 0 Å². The van der Waals surface area contributed by atoms with E-state index in [0.29, 0.717) is 43.4 Å². The summed E-state index contributed by atoms with van der Waals surface area (Å²) >= 11 is 0. The monoisotopic (exact) mass is 299 g/mol. The Bertz CT molecular complexity index is 425. The number of nitrogens with one attached hydrogen (secondary N) is 1. The topological polar surface area (TPSA) is 69.2 Å². The second-order valence-corrected chi connectivity index (χ2v) is 4.57. The summed E-state index contributed by atoms with van der Waals surface area (Å²) in [6, 6.07) is 3.77. The molecule has 0 saturated carbocycles. The highest BCUT2D eigenvalue weighted by atomic mass is 16.5. The van der Waals surface area contributed by atoms with Gasteiger partial charge in [-0.05, 0) is 19.0 Å². The number of benzene rings is 1. The molecule has 2 N–H and O–H groups in total. The second kappa shape index (κ2) is 9.44. The van der Waals surface area contributed by atoms with Crippen molar-refractivity contribution in [2.24, 2.45) is 0 Å². The van der Waals surface area contributed by atoms with E-state index in [9.17, 15) is 5.11 Å². The van der Waals surface area contributed by atoms with Crippen LogP contribution in [0.1, 0.15) is 12.0 Å². The average Bonchev–Trinajstić information content (AvgIpc) is 2.50. The molecule has 1 rings (SSSR count). The zero-order valence-electron chi connectivity index (χ0n) is 13.1. The fourth-order valence-corrected chi connectivity index (χ4v) is 2.07. The summed E-state index contributed by atoms with van der Waals surface area (Å²) in [5.74, 6) is 1.87. The summed E-state index contributed by atoms with van der Waals surface area (Å²) in [5.41, 5.74) is 0.969. The molecule has 0 heterocycles. The van der Waals surface area contributed by atoms with E-state index in [4.69, 9.17) is 18.9 Å². The first-order valence-electron chi connectivity index (χ1n) is 6.83. The molecule has 0 amide bonds. The molecule has 0 aliphatic heterocycles. The van der Waals surface area contributed by atoms with Crippen molar-refractivity contribution in [3.63, 3.8) is 0 Å². The third kappa shape index (κ3) is 5.08. The lowest BCUT2D eigenvalue weighted by atomic mass is 10.1. The van der Waals surface area contributed by atoms with Crippen LogP contribution < -0.4 is 19.5 Å². The van der Waals surface area contributed by atoms with Crippen LogP contribution in [0.3, 0.4) is 0 Å². The van der Waals surface area contributed by atoms with Crippen molar-refractivity contribution >= 4 is 0 Å². The predicted octanol–water partition coefficient (Wildman–Crippen LogP) is 1.20. The zero-order chi connectivity index (χ0) is 15.7. The summed E-state index contributed by atoms with van der Waals surface area (Å²) < 4.78 is 20.9. The third-order valence-corrected chi connectivity index (χ3v) is 3.11. The highest BCUT2D eigenvalue weighted by Crippen LogP contribution is 2.39. The van der Waals surface area contributed by atoms with E-state index in [2.05, 4.69) is 5.32 Å². The minimum absolute atomic E-state index is 0.349.